The molecule has 0 fully saturated rings. The Morgan fingerprint density at radius 1 is 1.25 bits per heavy atom. The minimum absolute atomic E-state index is 0.0962. The van der Waals surface area contributed by atoms with E-state index in [2.05, 4.69) is 4.72 Å². The lowest BCUT2D eigenvalue weighted by Gasteiger charge is -2.06. The van der Waals surface area contributed by atoms with Gasteiger partial charge < -0.3 is 5.73 Å². The molecule has 0 bridgehead atoms. The monoisotopic (exact) mass is 282 g/mol. The van der Waals surface area contributed by atoms with Crippen LogP contribution in [0.4, 0.5) is 0 Å². The average molecular weight is 283 g/mol. The predicted octanol–water partition coefficient (Wildman–Crippen LogP) is 1.62. The van der Waals surface area contributed by atoms with Gasteiger partial charge in [-0.3, -0.25) is 0 Å². The zero-order valence-corrected chi connectivity index (χ0v) is 10.7. The Morgan fingerprint density at radius 2 is 1.94 bits per heavy atom. The Balaban J connectivity index is 2.86. The molecule has 0 aliphatic carbocycles. The van der Waals surface area contributed by atoms with Crippen LogP contribution in [0.5, 0.6) is 0 Å². The second-order valence-corrected chi connectivity index (χ2v) is 5.70. The Kier molecular flexibility index (Phi) is 5.01. The first-order chi connectivity index (χ1) is 7.47. The first-order valence-electron chi connectivity index (χ1n) is 4.62. The summed E-state index contributed by atoms with van der Waals surface area (Å²) in [6.45, 7) is 0.739. The topological polar surface area (TPSA) is 72.2 Å². The number of nitrogens with one attached hydrogen (secondary N) is 1. The SMILES string of the molecule is NCCCNS(=O)(=O)c1ccc(Cl)c(Cl)c1. The molecular formula is C9H12Cl2N2O2S. The van der Waals surface area contributed by atoms with Gasteiger partial charge in [-0.05, 0) is 31.2 Å². The lowest BCUT2D eigenvalue weighted by Crippen LogP contribution is -2.26. The van der Waals surface area contributed by atoms with Gasteiger partial charge in [0.05, 0.1) is 14.9 Å². The third kappa shape index (κ3) is 3.61. The lowest BCUT2D eigenvalue weighted by molar-refractivity contribution is 0.579. The molecule has 1 rings (SSSR count). The van der Waals surface area contributed by atoms with Gasteiger partial charge in [-0.1, -0.05) is 23.2 Å². The number of hydrogen-bond acceptors (Lipinski definition) is 3. The highest BCUT2D eigenvalue weighted by Gasteiger charge is 2.14. The first-order valence-corrected chi connectivity index (χ1v) is 6.86. The molecule has 0 saturated heterocycles. The summed E-state index contributed by atoms with van der Waals surface area (Å²) < 4.78 is 25.8. The molecule has 0 aliphatic rings. The summed E-state index contributed by atoms with van der Waals surface area (Å²) in [4.78, 5) is 0.0962. The molecule has 1 aromatic carbocycles. The molecule has 0 aromatic heterocycles. The highest BCUT2D eigenvalue weighted by molar-refractivity contribution is 7.89. The first kappa shape index (κ1) is 13.7. The van der Waals surface area contributed by atoms with Crippen molar-refractivity contribution in [2.75, 3.05) is 13.1 Å². The Morgan fingerprint density at radius 3 is 2.50 bits per heavy atom. The summed E-state index contributed by atoms with van der Waals surface area (Å²) in [5.41, 5.74) is 5.27. The maximum atomic E-state index is 11.7. The van der Waals surface area contributed by atoms with E-state index in [4.69, 9.17) is 28.9 Å². The average Bonchev–Trinajstić information content (AvgIpc) is 2.22. The molecule has 0 aliphatic heterocycles. The van der Waals surface area contributed by atoms with E-state index in [1.54, 1.807) is 0 Å². The normalized spacial score (nSPS) is 11.7. The number of hydrogen-bond donors (Lipinski definition) is 2. The number of halogens is 2. The second-order valence-electron chi connectivity index (χ2n) is 3.12. The van der Waals surface area contributed by atoms with Crippen LogP contribution in [0.3, 0.4) is 0 Å². The van der Waals surface area contributed by atoms with Crippen molar-refractivity contribution in [2.45, 2.75) is 11.3 Å². The van der Waals surface area contributed by atoms with Crippen molar-refractivity contribution < 1.29 is 8.42 Å². The second kappa shape index (κ2) is 5.84. The molecule has 7 heteroatoms. The van der Waals surface area contributed by atoms with Gasteiger partial charge in [0.1, 0.15) is 0 Å². The Bertz CT molecular complexity index is 463. The smallest absolute Gasteiger partial charge is 0.240 e. The number of nitrogens with two attached hydrogens (primary N) is 1. The molecule has 0 radical (unpaired) electrons. The standard InChI is InChI=1S/C9H12Cl2N2O2S/c10-8-3-2-7(6-9(8)11)16(14,15)13-5-1-4-12/h2-3,6,13H,1,4-5,12H2. The maximum absolute atomic E-state index is 11.7. The highest BCUT2D eigenvalue weighted by atomic mass is 35.5. The van der Waals surface area contributed by atoms with Crippen LogP contribution in [-0.2, 0) is 10.0 Å². The third-order valence-corrected chi connectivity index (χ3v) is 4.07. The molecule has 0 spiro atoms. The largest absolute Gasteiger partial charge is 0.330 e. The summed E-state index contributed by atoms with van der Waals surface area (Å²) >= 11 is 11.4. The Hall–Kier alpha value is -0.330. The molecule has 4 nitrogen and oxygen atoms in total. The predicted molar refractivity (Wildman–Crippen MR) is 65.3 cm³/mol. The van der Waals surface area contributed by atoms with Gasteiger partial charge in [-0.15, -0.1) is 0 Å². The van der Waals surface area contributed by atoms with Crippen molar-refractivity contribution in [3.8, 4) is 0 Å². The fourth-order valence-electron chi connectivity index (χ4n) is 1.04. The number of benzene rings is 1. The fourth-order valence-corrected chi connectivity index (χ4v) is 2.50. The van der Waals surface area contributed by atoms with E-state index in [9.17, 15) is 8.42 Å². The van der Waals surface area contributed by atoms with Crippen LogP contribution in [0, 0.1) is 0 Å². The minimum atomic E-state index is -3.52. The molecule has 0 heterocycles. The van der Waals surface area contributed by atoms with Crippen LogP contribution in [0.25, 0.3) is 0 Å². The zero-order valence-electron chi connectivity index (χ0n) is 8.41. The summed E-state index contributed by atoms with van der Waals surface area (Å²) in [7, 11) is -3.52. The van der Waals surface area contributed by atoms with Crippen LogP contribution in [-0.4, -0.2) is 21.5 Å². The molecule has 0 unspecified atom stereocenters. The van der Waals surface area contributed by atoms with E-state index in [0.717, 1.165) is 0 Å². The maximum Gasteiger partial charge on any atom is 0.240 e. The molecule has 0 atom stereocenters. The summed E-state index contributed by atoms with van der Waals surface area (Å²) in [6.07, 6.45) is 0.584. The highest BCUT2D eigenvalue weighted by Crippen LogP contribution is 2.24. The van der Waals surface area contributed by atoms with Crippen LogP contribution < -0.4 is 10.5 Å². The minimum Gasteiger partial charge on any atom is -0.330 e. The van der Waals surface area contributed by atoms with E-state index in [1.165, 1.54) is 18.2 Å². The summed E-state index contributed by atoms with van der Waals surface area (Å²) in [5.74, 6) is 0. The van der Waals surface area contributed by atoms with Gasteiger partial charge in [0.15, 0.2) is 0 Å². The van der Waals surface area contributed by atoms with Crippen LogP contribution in [0.1, 0.15) is 6.42 Å². The lowest BCUT2D eigenvalue weighted by atomic mass is 10.4. The van der Waals surface area contributed by atoms with Crippen LogP contribution in [0.2, 0.25) is 10.0 Å². The van der Waals surface area contributed by atoms with Crippen molar-refractivity contribution in [1.29, 1.82) is 0 Å². The summed E-state index contributed by atoms with van der Waals surface area (Å²) in [6, 6.07) is 4.16. The quantitative estimate of drug-likeness (QED) is 0.806. The van der Waals surface area contributed by atoms with E-state index >= 15 is 0 Å². The molecule has 1 aromatic rings. The molecule has 90 valence electrons. The van der Waals surface area contributed by atoms with Crippen molar-refractivity contribution in [3.05, 3.63) is 28.2 Å². The zero-order chi connectivity index (χ0) is 12.2. The molecule has 3 N–H and O–H groups in total. The van der Waals surface area contributed by atoms with Crippen LogP contribution in [0.15, 0.2) is 23.1 Å². The number of sulfonamides is 1. The third-order valence-electron chi connectivity index (χ3n) is 1.87. The fraction of sp³-hybridized carbons (Fsp3) is 0.333. The van der Waals surface area contributed by atoms with Crippen LogP contribution >= 0.6 is 23.2 Å². The van der Waals surface area contributed by atoms with Gasteiger partial charge in [0, 0.05) is 6.54 Å². The van der Waals surface area contributed by atoms with Crippen molar-refractivity contribution >= 4 is 33.2 Å². The van der Waals surface area contributed by atoms with Crippen molar-refractivity contribution in [3.63, 3.8) is 0 Å². The number of rotatable bonds is 5. The molecule has 16 heavy (non-hydrogen) atoms. The van der Waals surface area contributed by atoms with Crippen molar-refractivity contribution in [1.82, 2.24) is 4.72 Å². The van der Waals surface area contributed by atoms with Gasteiger partial charge in [0.2, 0.25) is 10.0 Å². The van der Waals surface area contributed by atoms with E-state index < -0.39 is 10.0 Å². The Labute approximate surface area is 105 Å². The molecule has 0 saturated carbocycles. The molecule has 0 amide bonds. The van der Waals surface area contributed by atoms with E-state index in [1.807, 2.05) is 0 Å². The van der Waals surface area contributed by atoms with Gasteiger partial charge in [0.25, 0.3) is 0 Å². The van der Waals surface area contributed by atoms with E-state index in [-0.39, 0.29) is 9.92 Å². The van der Waals surface area contributed by atoms with Crippen molar-refractivity contribution in [2.24, 2.45) is 5.73 Å². The summed E-state index contributed by atoms with van der Waals surface area (Å²) in [5, 5.41) is 0.533. The molecular weight excluding hydrogens is 271 g/mol. The van der Waals surface area contributed by atoms with Gasteiger partial charge >= 0.3 is 0 Å². The van der Waals surface area contributed by atoms with Gasteiger partial charge in [-0.2, -0.15) is 0 Å². The van der Waals surface area contributed by atoms with Gasteiger partial charge in [-0.25, -0.2) is 13.1 Å². The van der Waals surface area contributed by atoms with E-state index in [0.29, 0.717) is 24.5 Å².